The summed E-state index contributed by atoms with van der Waals surface area (Å²) in [6, 6.07) is 19.5. The van der Waals surface area contributed by atoms with Crippen molar-refractivity contribution in [2.75, 3.05) is 52.5 Å². The molecule has 0 saturated carbocycles. The molecular weight excluding hydrogens is 502 g/mol. The zero-order valence-corrected chi connectivity index (χ0v) is 23.0. The Labute approximate surface area is 235 Å². The standard InChI is InChI=1S/C32H37N5O3/c1-36-30(28-21-26(38)20-25-4-2-3-5-27(25)28)29(35-31(36)23-10-12-33-13-11-23)22-6-8-24(9-7-22)32(39)34-14-15-37-16-18-40-19-17-37/h2-9,20-21,23,33,38H,10-19H2,1H3,(H,34,39). The molecule has 1 amide bonds. The van der Waals surface area contributed by atoms with Gasteiger partial charge in [0.05, 0.1) is 24.6 Å². The number of carbonyl (C=O) groups is 1. The van der Waals surface area contributed by atoms with Crippen LogP contribution < -0.4 is 10.6 Å². The zero-order chi connectivity index (χ0) is 27.5. The normalized spacial score (nSPS) is 16.8. The van der Waals surface area contributed by atoms with Gasteiger partial charge in [-0.25, -0.2) is 4.98 Å². The number of phenols is 1. The first kappa shape index (κ1) is 26.5. The number of phenolic OH excluding ortho intramolecular Hbond substituents is 1. The Bertz CT molecular complexity index is 1480. The SMILES string of the molecule is Cn1c(C2CCNCC2)nc(-c2ccc(C(=O)NCCN3CCOCC3)cc2)c1-c1cc(O)cc2ccccc12. The van der Waals surface area contributed by atoms with Crippen LogP contribution in [0.2, 0.25) is 0 Å². The first-order valence-electron chi connectivity index (χ1n) is 14.3. The van der Waals surface area contributed by atoms with E-state index in [1.807, 2.05) is 48.5 Å². The molecule has 208 valence electrons. The van der Waals surface area contributed by atoms with Crippen molar-refractivity contribution < 1.29 is 14.6 Å². The van der Waals surface area contributed by atoms with Gasteiger partial charge in [0.15, 0.2) is 0 Å². The van der Waals surface area contributed by atoms with Gasteiger partial charge in [0, 0.05) is 55.8 Å². The van der Waals surface area contributed by atoms with E-state index in [1.165, 1.54) is 0 Å². The molecule has 2 fully saturated rings. The molecule has 8 nitrogen and oxygen atoms in total. The number of carbonyl (C=O) groups excluding carboxylic acids is 1. The molecule has 3 heterocycles. The van der Waals surface area contributed by atoms with Gasteiger partial charge in [-0.3, -0.25) is 9.69 Å². The van der Waals surface area contributed by atoms with Crippen LogP contribution in [0.15, 0.2) is 60.7 Å². The summed E-state index contributed by atoms with van der Waals surface area (Å²) in [6.07, 6.45) is 2.07. The van der Waals surface area contributed by atoms with Crippen molar-refractivity contribution in [2.45, 2.75) is 18.8 Å². The molecule has 3 N–H and O–H groups in total. The fraction of sp³-hybridized carbons (Fsp3) is 0.375. The molecule has 0 atom stereocenters. The molecule has 0 unspecified atom stereocenters. The molecule has 0 aliphatic carbocycles. The van der Waals surface area contributed by atoms with Crippen LogP contribution in [-0.4, -0.2) is 77.9 Å². The van der Waals surface area contributed by atoms with Crippen molar-refractivity contribution in [3.63, 3.8) is 0 Å². The molecular formula is C32H37N5O3. The number of fused-ring (bicyclic) bond motifs is 1. The average Bonchev–Trinajstić information content (AvgIpc) is 3.34. The molecule has 2 saturated heterocycles. The smallest absolute Gasteiger partial charge is 0.251 e. The average molecular weight is 540 g/mol. The Balaban J connectivity index is 1.32. The van der Waals surface area contributed by atoms with Crippen molar-refractivity contribution >= 4 is 16.7 Å². The molecule has 0 spiro atoms. The minimum absolute atomic E-state index is 0.0737. The summed E-state index contributed by atoms with van der Waals surface area (Å²) in [7, 11) is 2.08. The maximum absolute atomic E-state index is 12.9. The van der Waals surface area contributed by atoms with Crippen molar-refractivity contribution in [1.82, 2.24) is 25.1 Å². The maximum Gasteiger partial charge on any atom is 0.251 e. The number of benzene rings is 3. The minimum Gasteiger partial charge on any atom is -0.508 e. The van der Waals surface area contributed by atoms with E-state index in [-0.39, 0.29) is 11.7 Å². The summed E-state index contributed by atoms with van der Waals surface area (Å²) < 4.78 is 7.61. The molecule has 2 aliphatic rings. The number of nitrogens with one attached hydrogen (secondary N) is 2. The summed E-state index contributed by atoms with van der Waals surface area (Å²) in [6.45, 7) is 6.71. The fourth-order valence-electron chi connectivity index (χ4n) is 6.00. The van der Waals surface area contributed by atoms with Crippen LogP contribution >= 0.6 is 0 Å². The van der Waals surface area contributed by atoms with E-state index in [0.717, 1.165) is 97.9 Å². The van der Waals surface area contributed by atoms with Gasteiger partial charge < -0.3 is 25.0 Å². The van der Waals surface area contributed by atoms with Gasteiger partial charge in [-0.15, -0.1) is 0 Å². The van der Waals surface area contributed by atoms with E-state index in [1.54, 1.807) is 6.07 Å². The first-order chi connectivity index (χ1) is 19.6. The van der Waals surface area contributed by atoms with E-state index in [2.05, 4.69) is 33.2 Å². The van der Waals surface area contributed by atoms with Crippen LogP contribution in [0.4, 0.5) is 0 Å². The third kappa shape index (κ3) is 5.47. The van der Waals surface area contributed by atoms with E-state index in [0.29, 0.717) is 18.0 Å². The maximum atomic E-state index is 12.9. The second-order valence-corrected chi connectivity index (χ2v) is 10.8. The van der Waals surface area contributed by atoms with Gasteiger partial charge in [0.25, 0.3) is 5.91 Å². The van der Waals surface area contributed by atoms with Crippen LogP contribution in [0.1, 0.15) is 34.9 Å². The van der Waals surface area contributed by atoms with E-state index < -0.39 is 0 Å². The summed E-state index contributed by atoms with van der Waals surface area (Å²) >= 11 is 0. The Morgan fingerprint density at radius 3 is 2.60 bits per heavy atom. The van der Waals surface area contributed by atoms with Crippen LogP contribution in [0.5, 0.6) is 5.75 Å². The van der Waals surface area contributed by atoms with Crippen molar-refractivity contribution in [2.24, 2.45) is 7.05 Å². The Kier molecular flexibility index (Phi) is 7.82. The quantitative estimate of drug-likeness (QED) is 0.327. The van der Waals surface area contributed by atoms with Crippen LogP contribution in [0, 0.1) is 0 Å². The number of ether oxygens (including phenoxy) is 1. The largest absolute Gasteiger partial charge is 0.508 e. The molecule has 6 rings (SSSR count). The van der Waals surface area contributed by atoms with Crippen LogP contribution in [0.3, 0.4) is 0 Å². The summed E-state index contributed by atoms with van der Waals surface area (Å²) in [5.41, 5.74) is 4.37. The summed E-state index contributed by atoms with van der Waals surface area (Å²) in [5.74, 6) is 1.58. The lowest BCUT2D eigenvalue weighted by atomic mass is 9.97. The van der Waals surface area contributed by atoms with Crippen LogP contribution in [-0.2, 0) is 11.8 Å². The second kappa shape index (κ2) is 11.8. The zero-order valence-electron chi connectivity index (χ0n) is 23.0. The fourth-order valence-corrected chi connectivity index (χ4v) is 6.00. The first-order valence-corrected chi connectivity index (χ1v) is 14.3. The molecule has 0 bridgehead atoms. The lowest BCUT2D eigenvalue weighted by Gasteiger charge is -2.26. The summed E-state index contributed by atoms with van der Waals surface area (Å²) in [4.78, 5) is 20.4. The minimum atomic E-state index is -0.0737. The van der Waals surface area contributed by atoms with Crippen molar-refractivity contribution in [3.8, 4) is 28.3 Å². The van der Waals surface area contributed by atoms with Gasteiger partial charge in [0.1, 0.15) is 11.6 Å². The Morgan fingerprint density at radius 2 is 1.82 bits per heavy atom. The Morgan fingerprint density at radius 1 is 1.07 bits per heavy atom. The monoisotopic (exact) mass is 539 g/mol. The number of hydrogen-bond acceptors (Lipinski definition) is 6. The second-order valence-electron chi connectivity index (χ2n) is 10.8. The number of rotatable bonds is 7. The number of aromatic hydroxyl groups is 1. The van der Waals surface area contributed by atoms with Gasteiger partial charge in [-0.1, -0.05) is 36.4 Å². The number of piperidine rings is 1. The highest BCUT2D eigenvalue weighted by Crippen LogP contribution is 2.40. The molecule has 0 radical (unpaired) electrons. The highest BCUT2D eigenvalue weighted by atomic mass is 16.5. The van der Waals surface area contributed by atoms with Gasteiger partial charge in [-0.05, 0) is 61.0 Å². The van der Waals surface area contributed by atoms with E-state index in [9.17, 15) is 9.90 Å². The van der Waals surface area contributed by atoms with Crippen molar-refractivity contribution in [3.05, 3.63) is 72.1 Å². The lowest BCUT2D eigenvalue weighted by Crippen LogP contribution is -2.41. The lowest BCUT2D eigenvalue weighted by molar-refractivity contribution is 0.0383. The van der Waals surface area contributed by atoms with Gasteiger partial charge in [-0.2, -0.15) is 0 Å². The highest BCUT2D eigenvalue weighted by molar-refractivity contribution is 6.00. The number of nitrogens with zero attached hydrogens (tertiary/aromatic N) is 3. The Hall–Kier alpha value is -3.72. The number of amides is 1. The van der Waals surface area contributed by atoms with E-state index >= 15 is 0 Å². The molecule has 1 aromatic heterocycles. The number of aromatic nitrogens is 2. The van der Waals surface area contributed by atoms with Gasteiger partial charge in [0.2, 0.25) is 0 Å². The number of imidazole rings is 1. The van der Waals surface area contributed by atoms with Crippen LogP contribution in [0.25, 0.3) is 33.3 Å². The van der Waals surface area contributed by atoms with Crippen molar-refractivity contribution in [1.29, 1.82) is 0 Å². The number of hydrogen-bond donors (Lipinski definition) is 3. The molecule has 8 heteroatoms. The van der Waals surface area contributed by atoms with E-state index in [4.69, 9.17) is 9.72 Å². The molecule has 2 aliphatic heterocycles. The highest BCUT2D eigenvalue weighted by Gasteiger charge is 2.26. The number of morpholine rings is 1. The van der Waals surface area contributed by atoms with Gasteiger partial charge >= 0.3 is 0 Å². The predicted octanol–water partition coefficient (Wildman–Crippen LogP) is 4.14. The predicted molar refractivity (Wildman–Crippen MR) is 158 cm³/mol. The topological polar surface area (TPSA) is 91.7 Å². The third-order valence-electron chi connectivity index (χ3n) is 8.17. The molecule has 4 aromatic rings. The third-order valence-corrected chi connectivity index (χ3v) is 8.17. The molecule has 40 heavy (non-hydrogen) atoms. The summed E-state index contributed by atoms with van der Waals surface area (Å²) in [5, 5.41) is 19.2. The molecule has 3 aromatic carbocycles.